The Morgan fingerprint density at radius 3 is 2.46 bits per heavy atom. The number of aromatic nitrogens is 8. The van der Waals surface area contributed by atoms with Gasteiger partial charge < -0.3 is 19.1 Å². The summed E-state index contributed by atoms with van der Waals surface area (Å²) in [5.41, 5.74) is 4.92. The van der Waals surface area contributed by atoms with Crippen LogP contribution in [0.1, 0.15) is 31.2 Å². The predicted molar refractivity (Wildman–Crippen MR) is 128 cm³/mol. The van der Waals surface area contributed by atoms with E-state index in [1.165, 1.54) is 7.11 Å². The maximum Gasteiger partial charge on any atom is 0.264 e. The highest BCUT2D eigenvalue weighted by molar-refractivity contribution is 5.85. The maximum atomic E-state index is 10.5. The van der Waals surface area contributed by atoms with Crippen LogP contribution in [0.25, 0.3) is 33.5 Å². The second kappa shape index (κ2) is 9.47. The Morgan fingerprint density at radius 2 is 1.77 bits per heavy atom. The maximum absolute atomic E-state index is 10.5. The lowest BCUT2D eigenvalue weighted by atomic mass is 9.98. The molecule has 5 rings (SSSR count). The molecule has 0 bridgehead atoms. The van der Waals surface area contributed by atoms with E-state index in [-0.39, 0.29) is 24.5 Å². The van der Waals surface area contributed by atoms with Gasteiger partial charge in [0.1, 0.15) is 11.3 Å². The van der Waals surface area contributed by atoms with Crippen molar-refractivity contribution in [2.24, 2.45) is 0 Å². The third-order valence-electron chi connectivity index (χ3n) is 5.61. The van der Waals surface area contributed by atoms with Crippen molar-refractivity contribution in [3.8, 4) is 34.3 Å². The summed E-state index contributed by atoms with van der Waals surface area (Å²) in [7, 11) is 1.52. The first-order valence-corrected chi connectivity index (χ1v) is 11.1. The van der Waals surface area contributed by atoms with E-state index < -0.39 is 0 Å². The topological polar surface area (TPSA) is 137 Å². The summed E-state index contributed by atoms with van der Waals surface area (Å²) in [6.07, 6.45) is 0. The van der Waals surface area contributed by atoms with Gasteiger partial charge in [-0.1, -0.05) is 62.4 Å². The van der Waals surface area contributed by atoms with Gasteiger partial charge >= 0.3 is 0 Å². The average Bonchev–Trinajstić information content (AvgIpc) is 3.54. The lowest BCUT2D eigenvalue weighted by Gasteiger charge is -2.13. The van der Waals surface area contributed by atoms with Gasteiger partial charge in [0, 0.05) is 25.1 Å². The number of hydrogen-bond donors (Lipinski definition) is 2. The van der Waals surface area contributed by atoms with Gasteiger partial charge in [0.2, 0.25) is 0 Å². The van der Waals surface area contributed by atoms with E-state index in [1.807, 2.05) is 42.7 Å². The minimum Gasteiger partial charge on any atom is -0.491 e. The van der Waals surface area contributed by atoms with Crippen LogP contribution < -0.4 is 4.74 Å². The van der Waals surface area contributed by atoms with Gasteiger partial charge in [-0.05, 0) is 27.1 Å². The molecule has 2 N–H and O–H groups in total. The normalized spacial score (nSPS) is 11.4. The molecule has 0 aliphatic carbocycles. The fourth-order valence-corrected chi connectivity index (χ4v) is 4.03. The van der Waals surface area contributed by atoms with E-state index in [2.05, 4.69) is 55.1 Å². The van der Waals surface area contributed by atoms with Crippen molar-refractivity contribution >= 4 is 11.0 Å². The summed E-state index contributed by atoms with van der Waals surface area (Å²) in [4.78, 5) is 4.72. The molecule has 0 radical (unpaired) electrons. The van der Waals surface area contributed by atoms with E-state index in [0.29, 0.717) is 23.4 Å². The van der Waals surface area contributed by atoms with E-state index in [4.69, 9.17) is 14.5 Å². The van der Waals surface area contributed by atoms with Gasteiger partial charge in [0.05, 0.1) is 0 Å². The number of methoxy groups -OCH3 is 1. The average molecular weight is 473 g/mol. The SMILES string of the molecule is COCOc1nnc(O)c2c1nc(C(C)C)n2Cc1ccc(-c2ccccc2-c2nnn[nH]2)cc1. The Balaban J connectivity index is 1.51. The quantitative estimate of drug-likeness (QED) is 0.325. The Labute approximate surface area is 200 Å². The molecule has 0 aliphatic rings. The molecule has 0 spiro atoms. The molecular weight excluding hydrogens is 448 g/mol. The molecule has 11 nitrogen and oxygen atoms in total. The van der Waals surface area contributed by atoms with Crippen molar-refractivity contribution in [1.82, 2.24) is 40.4 Å². The number of H-pyrrole nitrogens is 1. The minimum absolute atomic E-state index is 0.00545. The molecule has 35 heavy (non-hydrogen) atoms. The highest BCUT2D eigenvalue weighted by atomic mass is 16.7. The summed E-state index contributed by atoms with van der Waals surface area (Å²) in [5.74, 6) is 1.52. The zero-order valence-corrected chi connectivity index (χ0v) is 19.5. The predicted octanol–water partition coefficient (Wildman–Crippen LogP) is 3.53. The van der Waals surface area contributed by atoms with Crippen LogP contribution in [-0.4, -0.2) is 59.4 Å². The first kappa shape index (κ1) is 22.4. The van der Waals surface area contributed by atoms with Crippen LogP contribution in [0.2, 0.25) is 0 Å². The van der Waals surface area contributed by atoms with Gasteiger partial charge in [-0.3, -0.25) is 0 Å². The highest BCUT2D eigenvalue weighted by Crippen LogP contribution is 2.33. The van der Waals surface area contributed by atoms with Crippen molar-refractivity contribution in [2.75, 3.05) is 13.9 Å². The fraction of sp³-hybridized carbons (Fsp3) is 0.250. The Bertz CT molecular complexity index is 1450. The summed E-state index contributed by atoms with van der Waals surface area (Å²) >= 11 is 0. The zero-order valence-electron chi connectivity index (χ0n) is 19.5. The van der Waals surface area contributed by atoms with Crippen molar-refractivity contribution < 1.29 is 14.6 Å². The molecule has 0 atom stereocenters. The van der Waals surface area contributed by atoms with Gasteiger partial charge in [-0.25, -0.2) is 10.1 Å². The number of imidazole rings is 1. The monoisotopic (exact) mass is 472 g/mol. The van der Waals surface area contributed by atoms with Gasteiger partial charge in [-0.2, -0.15) is 0 Å². The van der Waals surface area contributed by atoms with Crippen LogP contribution in [0.5, 0.6) is 11.8 Å². The molecule has 0 saturated carbocycles. The molecule has 0 saturated heterocycles. The van der Waals surface area contributed by atoms with Crippen molar-refractivity contribution in [3.05, 3.63) is 59.9 Å². The number of aromatic amines is 1. The number of aromatic hydroxyl groups is 1. The first-order chi connectivity index (χ1) is 17.1. The van der Waals surface area contributed by atoms with E-state index in [0.717, 1.165) is 28.1 Å². The number of ether oxygens (including phenoxy) is 2. The van der Waals surface area contributed by atoms with Crippen LogP contribution >= 0.6 is 0 Å². The van der Waals surface area contributed by atoms with Crippen LogP contribution in [0, 0.1) is 0 Å². The molecule has 0 amide bonds. The molecule has 0 fully saturated rings. The Kier molecular flexibility index (Phi) is 6.06. The van der Waals surface area contributed by atoms with Crippen LogP contribution in [-0.2, 0) is 11.3 Å². The first-order valence-electron chi connectivity index (χ1n) is 11.1. The molecular formula is C24H24N8O3. The molecule has 0 unspecified atom stereocenters. The number of benzene rings is 2. The van der Waals surface area contributed by atoms with E-state index in [1.54, 1.807) is 0 Å². The molecule has 11 heteroatoms. The number of nitrogens with zero attached hydrogens (tertiary/aromatic N) is 7. The number of rotatable bonds is 8. The minimum atomic E-state index is -0.199. The largest absolute Gasteiger partial charge is 0.491 e. The van der Waals surface area contributed by atoms with Gasteiger partial charge in [-0.15, -0.1) is 15.3 Å². The van der Waals surface area contributed by atoms with Crippen LogP contribution in [0.4, 0.5) is 0 Å². The number of fused-ring (bicyclic) bond motifs is 1. The third-order valence-corrected chi connectivity index (χ3v) is 5.61. The smallest absolute Gasteiger partial charge is 0.264 e. The molecule has 2 aromatic carbocycles. The van der Waals surface area contributed by atoms with Crippen molar-refractivity contribution in [1.29, 1.82) is 0 Å². The summed E-state index contributed by atoms with van der Waals surface area (Å²) in [6, 6.07) is 16.2. The van der Waals surface area contributed by atoms with Crippen molar-refractivity contribution in [3.63, 3.8) is 0 Å². The van der Waals surface area contributed by atoms with Gasteiger partial charge in [0.25, 0.3) is 11.8 Å². The summed E-state index contributed by atoms with van der Waals surface area (Å²) in [6.45, 7) is 4.58. The Hall–Kier alpha value is -4.38. The molecule has 3 heterocycles. The third kappa shape index (κ3) is 4.28. The lowest BCUT2D eigenvalue weighted by Crippen LogP contribution is -2.07. The standard InChI is InChI=1S/C24H24N8O3/c1-14(2)22-25-19-20(23(33)28-29-24(19)35-13-34-3)32(22)12-15-8-10-16(11-9-15)17-6-4-5-7-18(17)21-26-30-31-27-21/h4-11,14H,12-13H2,1-3H3,(H,28,33)(H,26,27,30,31). The Morgan fingerprint density at radius 1 is 1.00 bits per heavy atom. The number of nitrogens with one attached hydrogen (secondary N) is 1. The second-order valence-electron chi connectivity index (χ2n) is 8.28. The molecule has 3 aromatic heterocycles. The summed E-state index contributed by atoms with van der Waals surface area (Å²) < 4.78 is 12.5. The van der Waals surface area contributed by atoms with Crippen LogP contribution in [0.3, 0.4) is 0 Å². The summed E-state index contributed by atoms with van der Waals surface area (Å²) in [5, 5.41) is 32.6. The number of tetrazole rings is 1. The zero-order chi connectivity index (χ0) is 24.4. The van der Waals surface area contributed by atoms with E-state index in [9.17, 15) is 5.11 Å². The lowest BCUT2D eigenvalue weighted by molar-refractivity contribution is 0.0481. The molecule has 0 aliphatic heterocycles. The van der Waals surface area contributed by atoms with Crippen molar-refractivity contribution in [2.45, 2.75) is 26.3 Å². The number of hydrogen-bond acceptors (Lipinski definition) is 9. The second-order valence-corrected chi connectivity index (χ2v) is 8.28. The fourth-order valence-electron chi connectivity index (χ4n) is 4.03. The highest BCUT2D eigenvalue weighted by Gasteiger charge is 2.22. The van der Waals surface area contributed by atoms with E-state index >= 15 is 0 Å². The van der Waals surface area contributed by atoms with Crippen LogP contribution in [0.15, 0.2) is 48.5 Å². The molecule has 5 aromatic rings. The molecule has 178 valence electrons. The van der Waals surface area contributed by atoms with Gasteiger partial charge in [0.15, 0.2) is 18.1 Å².